The molecule has 2 rings (SSSR count). The van der Waals surface area contributed by atoms with E-state index in [-0.39, 0.29) is 29.6 Å². The molecule has 0 aliphatic carbocycles. The van der Waals surface area contributed by atoms with E-state index in [4.69, 9.17) is 0 Å². The Kier molecular flexibility index (Phi) is 6.73. The van der Waals surface area contributed by atoms with Gasteiger partial charge in [0.1, 0.15) is 11.8 Å². The van der Waals surface area contributed by atoms with Crippen LogP contribution >= 0.6 is 0 Å². The Balaban J connectivity index is 1.80. The zero-order valence-electron chi connectivity index (χ0n) is 15.3. The van der Waals surface area contributed by atoms with Gasteiger partial charge in [-0.25, -0.2) is 0 Å². The summed E-state index contributed by atoms with van der Waals surface area (Å²) < 4.78 is 0. The first-order valence-corrected chi connectivity index (χ1v) is 9.08. The van der Waals surface area contributed by atoms with Gasteiger partial charge in [-0.3, -0.25) is 14.4 Å². The van der Waals surface area contributed by atoms with Crippen LogP contribution < -0.4 is 10.2 Å². The van der Waals surface area contributed by atoms with Gasteiger partial charge in [-0.15, -0.1) is 0 Å². The number of carbonyl (C=O) groups excluding carboxylic acids is 3. The van der Waals surface area contributed by atoms with Gasteiger partial charge < -0.3 is 10.2 Å². The van der Waals surface area contributed by atoms with Crippen LogP contribution in [0.15, 0.2) is 30.3 Å². The normalized spacial score (nSPS) is 21.2. The second-order valence-corrected chi connectivity index (χ2v) is 7.01. The first kappa shape index (κ1) is 19.2. The number of nitrogens with zero attached hydrogens (tertiary/aromatic N) is 1. The molecule has 1 aromatic carbocycles. The summed E-state index contributed by atoms with van der Waals surface area (Å²) in [6.07, 6.45) is 3.42. The quantitative estimate of drug-likeness (QED) is 0.737. The van der Waals surface area contributed by atoms with E-state index >= 15 is 0 Å². The van der Waals surface area contributed by atoms with Crippen molar-refractivity contribution in [2.75, 3.05) is 4.90 Å². The number of nitrogens with one attached hydrogen (secondary N) is 1. The van der Waals surface area contributed by atoms with Gasteiger partial charge in [0.15, 0.2) is 0 Å². The first-order valence-electron chi connectivity index (χ1n) is 9.08. The Morgan fingerprint density at radius 2 is 1.92 bits per heavy atom. The first-order chi connectivity index (χ1) is 11.9. The van der Waals surface area contributed by atoms with E-state index in [2.05, 4.69) is 5.32 Å². The Morgan fingerprint density at radius 1 is 1.24 bits per heavy atom. The minimum absolute atomic E-state index is 0.0442. The lowest BCUT2D eigenvalue weighted by molar-refractivity contribution is -0.126. The molecule has 1 aromatic rings. The Labute approximate surface area is 149 Å². The number of amides is 2. The maximum absolute atomic E-state index is 12.6. The highest BCUT2D eigenvalue weighted by atomic mass is 16.2. The summed E-state index contributed by atoms with van der Waals surface area (Å²) in [6.45, 7) is 5.52. The Morgan fingerprint density at radius 3 is 2.56 bits per heavy atom. The summed E-state index contributed by atoms with van der Waals surface area (Å²) in [4.78, 5) is 37.7. The van der Waals surface area contributed by atoms with Gasteiger partial charge >= 0.3 is 0 Å². The molecule has 25 heavy (non-hydrogen) atoms. The van der Waals surface area contributed by atoms with Crippen molar-refractivity contribution in [3.05, 3.63) is 30.3 Å². The summed E-state index contributed by atoms with van der Waals surface area (Å²) in [5.74, 6) is 0.115. The molecule has 2 amide bonds. The number of anilines is 1. The van der Waals surface area contributed by atoms with Gasteiger partial charge in [-0.2, -0.15) is 0 Å². The van der Waals surface area contributed by atoms with Crippen molar-refractivity contribution in [3.63, 3.8) is 0 Å². The molecule has 136 valence electrons. The molecule has 0 aromatic heterocycles. The summed E-state index contributed by atoms with van der Waals surface area (Å²) in [6, 6.07) is 9.17. The Hall–Kier alpha value is -2.17. The number of hydrogen-bond donors (Lipinski definition) is 1. The van der Waals surface area contributed by atoms with E-state index in [0.717, 1.165) is 24.9 Å². The smallest absolute Gasteiger partial charge is 0.249 e. The van der Waals surface area contributed by atoms with Crippen molar-refractivity contribution in [2.24, 2.45) is 5.92 Å². The monoisotopic (exact) mass is 344 g/mol. The molecule has 1 saturated heterocycles. The number of hydrogen-bond acceptors (Lipinski definition) is 3. The van der Waals surface area contributed by atoms with E-state index in [0.29, 0.717) is 12.8 Å². The standard InChI is InChI=1S/C20H28N2O3/c1-14(16(3)23)9-7-8-12-19(24)21-18-13-15(2)22(20(18)25)17-10-5-4-6-11-17/h4-6,10-11,14-15,18H,7-9,12-13H2,1-3H3,(H,21,24)/t14-,15-,18-/m1/s1. The van der Waals surface area contributed by atoms with Gasteiger partial charge in [0, 0.05) is 24.1 Å². The fraction of sp³-hybridized carbons (Fsp3) is 0.550. The summed E-state index contributed by atoms with van der Waals surface area (Å²) in [5.41, 5.74) is 0.870. The van der Waals surface area contributed by atoms with E-state index in [1.54, 1.807) is 11.8 Å². The molecule has 0 radical (unpaired) electrons. The maximum Gasteiger partial charge on any atom is 0.249 e. The zero-order valence-corrected chi connectivity index (χ0v) is 15.3. The van der Waals surface area contributed by atoms with Gasteiger partial charge in [0.2, 0.25) is 11.8 Å². The summed E-state index contributed by atoms with van der Waals surface area (Å²) in [7, 11) is 0. The predicted octanol–water partition coefficient (Wildman–Crippen LogP) is 3.08. The van der Waals surface area contributed by atoms with Gasteiger partial charge in [-0.1, -0.05) is 31.5 Å². The van der Waals surface area contributed by atoms with Gasteiger partial charge in [0.05, 0.1) is 0 Å². The van der Waals surface area contributed by atoms with Crippen molar-refractivity contribution < 1.29 is 14.4 Å². The van der Waals surface area contributed by atoms with Crippen LogP contribution in [0.5, 0.6) is 0 Å². The molecule has 0 spiro atoms. The lowest BCUT2D eigenvalue weighted by Gasteiger charge is -2.21. The molecule has 1 heterocycles. The average molecular weight is 344 g/mol. The SMILES string of the molecule is CC(=O)[C@H](C)CCCCC(=O)N[C@@H]1C[C@@H](C)N(c2ccccc2)C1=O. The van der Waals surface area contributed by atoms with Crippen molar-refractivity contribution in [1.29, 1.82) is 0 Å². The number of benzene rings is 1. The van der Waals surface area contributed by atoms with E-state index < -0.39 is 6.04 Å². The molecule has 0 bridgehead atoms. The van der Waals surface area contributed by atoms with Crippen molar-refractivity contribution in [3.8, 4) is 0 Å². The molecule has 3 atom stereocenters. The summed E-state index contributed by atoms with van der Waals surface area (Å²) >= 11 is 0. The van der Waals surface area contributed by atoms with Gasteiger partial charge in [-0.05, 0) is 45.2 Å². The highest BCUT2D eigenvalue weighted by molar-refractivity contribution is 6.01. The van der Waals surface area contributed by atoms with Crippen molar-refractivity contribution >= 4 is 23.3 Å². The number of para-hydroxylation sites is 1. The average Bonchev–Trinajstić information content (AvgIpc) is 2.85. The lowest BCUT2D eigenvalue weighted by atomic mass is 10.00. The molecular weight excluding hydrogens is 316 g/mol. The fourth-order valence-electron chi connectivity index (χ4n) is 3.23. The second kappa shape index (κ2) is 8.79. The number of rotatable bonds is 8. The minimum Gasteiger partial charge on any atom is -0.344 e. The van der Waals surface area contributed by atoms with Gasteiger partial charge in [0.25, 0.3) is 0 Å². The van der Waals surface area contributed by atoms with Crippen LogP contribution in [0, 0.1) is 5.92 Å². The number of unbranched alkanes of at least 4 members (excludes halogenated alkanes) is 1. The van der Waals surface area contributed by atoms with E-state index in [9.17, 15) is 14.4 Å². The summed E-state index contributed by atoms with van der Waals surface area (Å²) in [5, 5.41) is 2.87. The third-order valence-corrected chi connectivity index (χ3v) is 4.91. The van der Waals surface area contributed by atoms with Crippen LogP contribution in [0.4, 0.5) is 5.69 Å². The predicted molar refractivity (Wildman–Crippen MR) is 98.3 cm³/mol. The van der Waals surface area contributed by atoms with Crippen LogP contribution in [-0.2, 0) is 14.4 Å². The highest BCUT2D eigenvalue weighted by Gasteiger charge is 2.38. The third kappa shape index (κ3) is 5.15. The van der Waals surface area contributed by atoms with Crippen LogP contribution in [0.1, 0.15) is 52.9 Å². The lowest BCUT2D eigenvalue weighted by Crippen LogP contribution is -2.41. The molecule has 1 fully saturated rings. The number of ketones is 1. The van der Waals surface area contributed by atoms with Crippen molar-refractivity contribution in [2.45, 2.75) is 65.0 Å². The molecule has 0 saturated carbocycles. The fourth-order valence-corrected chi connectivity index (χ4v) is 3.23. The topological polar surface area (TPSA) is 66.5 Å². The van der Waals surface area contributed by atoms with E-state index in [1.807, 2.05) is 44.2 Å². The van der Waals surface area contributed by atoms with Crippen molar-refractivity contribution in [1.82, 2.24) is 5.32 Å². The zero-order chi connectivity index (χ0) is 18.4. The Bertz CT molecular complexity index is 615. The van der Waals surface area contributed by atoms with Crippen LogP contribution in [0.25, 0.3) is 0 Å². The maximum atomic E-state index is 12.6. The minimum atomic E-state index is -0.446. The van der Waals surface area contributed by atoms with Crippen LogP contribution in [0.3, 0.4) is 0 Å². The third-order valence-electron chi connectivity index (χ3n) is 4.91. The largest absolute Gasteiger partial charge is 0.344 e. The van der Waals surface area contributed by atoms with E-state index in [1.165, 1.54) is 0 Å². The van der Waals surface area contributed by atoms with Crippen LogP contribution in [-0.4, -0.2) is 29.7 Å². The molecule has 0 unspecified atom stereocenters. The number of carbonyl (C=O) groups is 3. The molecule has 1 aliphatic rings. The highest BCUT2D eigenvalue weighted by Crippen LogP contribution is 2.26. The molecule has 1 N–H and O–H groups in total. The molecule has 5 nitrogen and oxygen atoms in total. The number of Topliss-reactive ketones (excluding diaryl/α,β-unsaturated/α-hetero) is 1. The second-order valence-electron chi connectivity index (χ2n) is 7.01. The molecule has 5 heteroatoms. The molecule has 1 aliphatic heterocycles. The molecular formula is C20H28N2O3. The van der Waals surface area contributed by atoms with Crippen LogP contribution in [0.2, 0.25) is 0 Å².